The molecule has 3 rings (SSSR count). The standard InChI is InChI=1S/C23H30N4O4S/c1-16-22(23(29)25(2)3)32-20(24-16)15-26-10-12-27(13-11-26)21(28)9-7-17-6-8-18(30-4)19(14-17)31-5/h6-9,14H,10-13,15H2,1-5H3/b9-7+. The molecule has 1 aromatic carbocycles. The van der Waals surface area contributed by atoms with Crippen molar-refractivity contribution in [3.63, 3.8) is 0 Å². The topological polar surface area (TPSA) is 75.2 Å². The van der Waals surface area contributed by atoms with Gasteiger partial charge in [0.25, 0.3) is 5.91 Å². The molecule has 0 radical (unpaired) electrons. The van der Waals surface area contributed by atoms with Gasteiger partial charge in [0, 0.05) is 46.4 Å². The Morgan fingerprint density at radius 1 is 1.12 bits per heavy atom. The van der Waals surface area contributed by atoms with Crippen molar-refractivity contribution in [3.05, 3.63) is 45.4 Å². The SMILES string of the molecule is COc1ccc(/C=C/C(=O)N2CCN(Cc3nc(C)c(C(=O)N(C)C)s3)CC2)cc1OC. The summed E-state index contributed by atoms with van der Waals surface area (Å²) in [5.41, 5.74) is 1.65. The first-order valence-electron chi connectivity index (χ1n) is 10.4. The molecule has 1 aromatic heterocycles. The highest BCUT2D eigenvalue weighted by Gasteiger charge is 2.22. The van der Waals surface area contributed by atoms with Gasteiger partial charge in [-0.2, -0.15) is 0 Å². The average Bonchev–Trinajstić information content (AvgIpc) is 3.16. The summed E-state index contributed by atoms with van der Waals surface area (Å²) in [6.45, 7) is 5.41. The van der Waals surface area contributed by atoms with E-state index in [4.69, 9.17) is 9.47 Å². The first-order chi connectivity index (χ1) is 15.3. The smallest absolute Gasteiger partial charge is 0.265 e. The van der Waals surface area contributed by atoms with Crippen molar-refractivity contribution >= 4 is 29.2 Å². The summed E-state index contributed by atoms with van der Waals surface area (Å²) in [7, 11) is 6.67. The summed E-state index contributed by atoms with van der Waals surface area (Å²) in [4.78, 5) is 35.8. The molecule has 0 atom stereocenters. The number of carbonyl (C=O) groups is 2. The Balaban J connectivity index is 1.53. The zero-order chi connectivity index (χ0) is 23.3. The molecule has 0 bridgehead atoms. The van der Waals surface area contributed by atoms with Crippen LogP contribution < -0.4 is 9.47 Å². The molecule has 0 N–H and O–H groups in total. The minimum atomic E-state index is -0.0112. The minimum Gasteiger partial charge on any atom is -0.493 e. The van der Waals surface area contributed by atoms with Crippen LogP contribution in [0.15, 0.2) is 24.3 Å². The third-order valence-corrected chi connectivity index (χ3v) is 6.44. The van der Waals surface area contributed by atoms with E-state index in [-0.39, 0.29) is 11.8 Å². The molecule has 0 unspecified atom stereocenters. The second kappa shape index (κ2) is 10.6. The van der Waals surface area contributed by atoms with Gasteiger partial charge in [-0.25, -0.2) is 4.98 Å². The Labute approximate surface area is 193 Å². The largest absolute Gasteiger partial charge is 0.493 e. The number of carbonyl (C=O) groups excluding carboxylic acids is 2. The molecule has 0 spiro atoms. The molecule has 2 aromatic rings. The summed E-state index contributed by atoms with van der Waals surface area (Å²) >= 11 is 1.45. The van der Waals surface area contributed by atoms with E-state index in [1.165, 1.54) is 11.3 Å². The van der Waals surface area contributed by atoms with Gasteiger partial charge in [-0.15, -0.1) is 11.3 Å². The second-order valence-corrected chi connectivity index (χ2v) is 8.85. The number of thiazole rings is 1. The van der Waals surface area contributed by atoms with E-state index in [9.17, 15) is 9.59 Å². The van der Waals surface area contributed by atoms with E-state index in [2.05, 4.69) is 9.88 Å². The van der Waals surface area contributed by atoms with Crippen molar-refractivity contribution in [1.29, 1.82) is 0 Å². The summed E-state index contributed by atoms with van der Waals surface area (Å²) in [5.74, 6) is 1.26. The molecular weight excluding hydrogens is 428 g/mol. The first kappa shape index (κ1) is 23.7. The highest BCUT2D eigenvalue weighted by Crippen LogP contribution is 2.28. The van der Waals surface area contributed by atoms with Gasteiger partial charge >= 0.3 is 0 Å². The Kier molecular flexibility index (Phi) is 7.87. The van der Waals surface area contributed by atoms with Crippen molar-refractivity contribution < 1.29 is 19.1 Å². The Hall–Kier alpha value is -2.91. The Bertz CT molecular complexity index is 994. The van der Waals surface area contributed by atoms with Crippen molar-refractivity contribution in [2.75, 3.05) is 54.5 Å². The fourth-order valence-corrected chi connectivity index (χ4v) is 4.60. The number of hydrogen-bond acceptors (Lipinski definition) is 7. The number of hydrogen-bond donors (Lipinski definition) is 0. The molecule has 1 aliphatic rings. The number of aromatic nitrogens is 1. The van der Waals surface area contributed by atoms with Gasteiger partial charge in [0.05, 0.1) is 26.5 Å². The number of rotatable bonds is 7. The third kappa shape index (κ3) is 5.66. The molecule has 32 heavy (non-hydrogen) atoms. The predicted molar refractivity (Wildman–Crippen MR) is 125 cm³/mol. The summed E-state index contributed by atoms with van der Waals surface area (Å²) in [6, 6.07) is 5.54. The second-order valence-electron chi connectivity index (χ2n) is 7.77. The van der Waals surface area contributed by atoms with Crippen LogP contribution >= 0.6 is 11.3 Å². The third-order valence-electron chi connectivity index (χ3n) is 5.31. The number of benzene rings is 1. The van der Waals surface area contributed by atoms with Crippen molar-refractivity contribution in [2.45, 2.75) is 13.5 Å². The lowest BCUT2D eigenvalue weighted by Crippen LogP contribution is -2.47. The number of piperazine rings is 1. The molecule has 8 nitrogen and oxygen atoms in total. The lowest BCUT2D eigenvalue weighted by molar-refractivity contribution is -0.127. The van der Waals surface area contributed by atoms with E-state index < -0.39 is 0 Å². The van der Waals surface area contributed by atoms with Crippen LogP contribution in [0.3, 0.4) is 0 Å². The molecule has 1 saturated heterocycles. The van der Waals surface area contributed by atoms with Crippen LogP contribution in [0, 0.1) is 6.92 Å². The normalized spacial score (nSPS) is 14.6. The zero-order valence-electron chi connectivity index (χ0n) is 19.3. The van der Waals surface area contributed by atoms with E-state index in [0.29, 0.717) is 36.0 Å². The average molecular weight is 459 g/mol. The number of methoxy groups -OCH3 is 2. The van der Waals surface area contributed by atoms with E-state index in [0.717, 1.165) is 29.4 Å². The predicted octanol–water partition coefficient (Wildman–Crippen LogP) is 2.53. The van der Waals surface area contributed by atoms with Gasteiger partial charge in [0.2, 0.25) is 5.91 Å². The van der Waals surface area contributed by atoms with Crippen LogP contribution in [0.4, 0.5) is 0 Å². The van der Waals surface area contributed by atoms with Gasteiger partial charge in [0.1, 0.15) is 9.88 Å². The maximum absolute atomic E-state index is 12.6. The zero-order valence-corrected chi connectivity index (χ0v) is 20.1. The molecule has 1 fully saturated rings. The number of amides is 2. The van der Waals surface area contributed by atoms with Crippen LogP contribution in [-0.2, 0) is 11.3 Å². The summed E-state index contributed by atoms with van der Waals surface area (Å²) < 4.78 is 10.6. The Morgan fingerprint density at radius 2 is 1.81 bits per heavy atom. The quantitative estimate of drug-likeness (QED) is 0.594. The molecule has 2 amide bonds. The summed E-state index contributed by atoms with van der Waals surface area (Å²) in [6.07, 6.45) is 3.39. The molecule has 172 valence electrons. The molecule has 0 aliphatic carbocycles. The van der Waals surface area contributed by atoms with Gasteiger partial charge in [-0.05, 0) is 30.7 Å². The molecule has 1 aliphatic heterocycles. The van der Waals surface area contributed by atoms with Crippen LogP contribution in [0.1, 0.15) is 25.9 Å². The van der Waals surface area contributed by atoms with Crippen molar-refractivity contribution in [1.82, 2.24) is 19.7 Å². The van der Waals surface area contributed by atoms with E-state index in [1.54, 1.807) is 45.4 Å². The van der Waals surface area contributed by atoms with Crippen LogP contribution in [0.5, 0.6) is 11.5 Å². The van der Waals surface area contributed by atoms with Gasteiger partial charge in [0.15, 0.2) is 11.5 Å². The van der Waals surface area contributed by atoms with Crippen molar-refractivity contribution in [3.8, 4) is 11.5 Å². The number of ether oxygens (including phenoxy) is 2. The highest BCUT2D eigenvalue weighted by atomic mass is 32.1. The molecular formula is C23H30N4O4S. The fourth-order valence-electron chi connectivity index (χ4n) is 3.47. The van der Waals surface area contributed by atoms with Crippen LogP contribution in [0.25, 0.3) is 6.08 Å². The molecule has 0 saturated carbocycles. The van der Waals surface area contributed by atoms with E-state index in [1.807, 2.05) is 30.0 Å². The van der Waals surface area contributed by atoms with Gasteiger partial charge < -0.3 is 19.3 Å². The number of aryl methyl sites for hydroxylation is 1. The highest BCUT2D eigenvalue weighted by molar-refractivity contribution is 7.13. The van der Waals surface area contributed by atoms with E-state index >= 15 is 0 Å². The van der Waals surface area contributed by atoms with Gasteiger partial charge in [-0.3, -0.25) is 14.5 Å². The summed E-state index contributed by atoms with van der Waals surface area (Å²) in [5, 5.41) is 0.931. The monoisotopic (exact) mass is 458 g/mol. The fraction of sp³-hybridized carbons (Fsp3) is 0.435. The Morgan fingerprint density at radius 3 is 2.44 bits per heavy atom. The molecule has 9 heteroatoms. The first-order valence-corrected chi connectivity index (χ1v) is 11.2. The number of nitrogens with zero attached hydrogens (tertiary/aromatic N) is 4. The lowest BCUT2D eigenvalue weighted by atomic mass is 10.2. The minimum absolute atomic E-state index is 0.0107. The maximum atomic E-state index is 12.6. The van der Waals surface area contributed by atoms with Crippen LogP contribution in [-0.4, -0.2) is 86.0 Å². The van der Waals surface area contributed by atoms with Crippen LogP contribution in [0.2, 0.25) is 0 Å². The van der Waals surface area contributed by atoms with Crippen molar-refractivity contribution in [2.24, 2.45) is 0 Å². The van der Waals surface area contributed by atoms with Gasteiger partial charge in [-0.1, -0.05) is 6.07 Å². The maximum Gasteiger partial charge on any atom is 0.265 e. The lowest BCUT2D eigenvalue weighted by Gasteiger charge is -2.33. The molecule has 2 heterocycles.